The number of rotatable bonds is 2. The molecule has 1 aliphatic heterocycles. The molecule has 0 spiro atoms. The van der Waals surface area contributed by atoms with Gasteiger partial charge < -0.3 is 15.0 Å². The highest BCUT2D eigenvalue weighted by molar-refractivity contribution is 5.74. The highest BCUT2D eigenvalue weighted by Crippen LogP contribution is 2.28. The summed E-state index contributed by atoms with van der Waals surface area (Å²) in [6.07, 6.45) is 5.96. The molecular formula is C12H22N2O2. The van der Waals surface area contributed by atoms with Crippen molar-refractivity contribution in [3.8, 4) is 0 Å². The van der Waals surface area contributed by atoms with Crippen molar-refractivity contribution >= 4 is 6.03 Å². The minimum Gasteiger partial charge on any atom is -0.374 e. The van der Waals surface area contributed by atoms with Gasteiger partial charge >= 0.3 is 6.03 Å². The van der Waals surface area contributed by atoms with Crippen LogP contribution < -0.4 is 5.32 Å². The number of amides is 2. The topological polar surface area (TPSA) is 41.6 Å². The molecule has 16 heavy (non-hydrogen) atoms. The second kappa shape index (κ2) is 5.53. The number of fused-ring (bicyclic) bond motifs is 1. The Morgan fingerprint density at radius 2 is 2.25 bits per heavy atom. The van der Waals surface area contributed by atoms with Gasteiger partial charge in [0.15, 0.2) is 0 Å². The van der Waals surface area contributed by atoms with Gasteiger partial charge in [0.25, 0.3) is 0 Å². The summed E-state index contributed by atoms with van der Waals surface area (Å²) in [6, 6.07) is 0.418. The Balaban J connectivity index is 1.93. The van der Waals surface area contributed by atoms with Gasteiger partial charge in [0.1, 0.15) is 0 Å². The van der Waals surface area contributed by atoms with E-state index in [1.807, 2.05) is 4.90 Å². The molecule has 2 amide bonds. The van der Waals surface area contributed by atoms with Gasteiger partial charge in [0, 0.05) is 13.1 Å². The van der Waals surface area contributed by atoms with E-state index in [0.29, 0.717) is 12.6 Å². The van der Waals surface area contributed by atoms with E-state index < -0.39 is 0 Å². The number of carbonyl (C=O) groups excluding carboxylic acids is 1. The molecule has 2 atom stereocenters. The number of urea groups is 1. The number of morpholine rings is 1. The highest BCUT2D eigenvalue weighted by Gasteiger charge is 2.36. The van der Waals surface area contributed by atoms with Crippen molar-refractivity contribution in [3.05, 3.63) is 0 Å². The molecule has 2 fully saturated rings. The summed E-state index contributed by atoms with van der Waals surface area (Å²) in [6.45, 7) is 4.29. The lowest BCUT2D eigenvalue weighted by molar-refractivity contribution is -0.0711. The molecule has 92 valence electrons. The quantitative estimate of drug-likeness (QED) is 0.779. The molecule has 2 rings (SSSR count). The molecule has 0 aromatic rings. The van der Waals surface area contributed by atoms with Crippen LogP contribution in [0.2, 0.25) is 0 Å². The molecule has 1 saturated heterocycles. The van der Waals surface area contributed by atoms with Gasteiger partial charge in [-0.05, 0) is 19.3 Å². The Hall–Kier alpha value is -0.770. The van der Waals surface area contributed by atoms with Crippen LogP contribution in [-0.2, 0) is 4.74 Å². The number of nitrogens with one attached hydrogen (secondary N) is 1. The van der Waals surface area contributed by atoms with E-state index in [0.717, 1.165) is 32.4 Å². The highest BCUT2D eigenvalue weighted by atomic mass is 16.5. The van der Waals surface area contributed by atoms with Crippen LogP contribution in [0.1, 0.15) is 39.0 Å². The normalized spacial score (nSPS) is 29.7. The van der Waals surface area contributed by atoms with E-state index in [9.17, 15) is 4.79 Å². The van der Waals surface area contributed by atoms with E-state index in [1.165, 1.54) is 12.8 Å². The van der Waals surface area contributed by atoms with Gasteiger partial charge in [0.2, 0.25) is 0 Å². The Bertz CT molecular complexity index is 243. The van der Waals surface area contributed by atoms with Crippen molar-refractivity contribution in [1.29, 1.82) is 0 Å². The van der Waals surface area contributed by atoms with Crippen LogP contribution in [0.3, 0.4) is 0 Å². The zero-order valence-corrected chi connectivity index (χ0v) is 10.1. The van der Waals surface area contributed by atoms with Crippen molar-refractivity contribution in [1.82, 2.24) is 10.2 Å². The summed E-state index contributed by atoms with van der Waals surface area (Å²) in [4.78, 5) is 14.0. The lowest BCUT2D eigenvalue weighted by Crippen LogP contribution is -2.57. The molecular weight excluding hydrogens is 204 g/mol. The predicted molar refractivity (Wildman–Crippen MR) is 62.4 cm³/mol. The minimum absolute atomic E-state index is 0.0991. The van der Waals surface area contributed by atoms with E-state index in [-0.39, 0.29) is 12.1 Å². The summed E-state index contributed by atoms with van der Waals surface area (Å²) in [5.74, 6) is 0. The fourth-order valence-corrected chi connectivity index (χ4v) is 2.68. The first-order valence-electron chi connectivity index (χ1n) is 6.49. The summed E-state index contributed by atoms with van der Waals surface area (Å²) in [7, 11) is 0. The van der Waals surface area contributed by atoms with Gasteiger partial charge in [-0.15, -0.1) is 0 Å². The second-order valence-electron chi connectivity index (χ2n) is 4.69. The molecule has 2 unspecified atom stereocenters. The van der Waals surface area contributed by atoms with Crippen LogP contribution >= 0.6 is 0 Å². The summed E-state index contributed by atoms with van der Waals surface area (Å²) < 4.78 is 5.75. The first kappa shape index (κ1) is 11.7. The van der Waals surface area contributed by atoms with Crippen molar-refractivity contribution in [3.63, 3.8) is 0 Å². The Morgan fingerprint density at radius 3 is 3.06 bits per heavy atom. The molecule has 1 heterocycles. The second-order valence-corrected chi connectivity index (χ2v) is 4.69. The van der Waals surface area contributed by atoms with Crippen LogP contribution in [0.25, 0.3) is 0 Å². The summed E-state index contributed by atoms with van der Waals surface area (Å²) in [5, 5.41) is 2.97. The van der Waals surface area contributed by atoms with E-state index >= 15 is 0 Å². The number of ether oxygens (including phenoxy) is 1. The van der Waals surface area contributed by atoms with Gasteiger partial charge in [-0.1, -0.05) is 19.8 Å². The lowest BCUT2D eigenvalue weighted by Gasteiger charge is -2.43. The van der Waals surface area contributed by atoms with Gasteiger partial charge in [0.05, 0.1) is 18.8 Å². The third-order valence-electron chi connectivity index (χ3n) is 3.52. The molecule has 0 bridgehead atoms. The van der Waals surface area contributed by atoms with Crippen molar-refractivity contribution < 1.29 is 9.53 Å². The van der Waals surface area contributed by atoms with Gasteiger partial charge in [-0.2, -0.15) is 0 Å². The molecule has 0 radical (unpaired) electrons. The number of carbonyl (C=O) groups is 1. The maximum atomic E-state index is 12.0. The summed E-state index contributed by atoms with van der Waals surface area (Å²) in [5.41, 5.74) is 0. The van der Waals surface area contributed by atoms with Crippen LogP contribution in [0.5, 0.6) is 0 Å². The van der Waals surface area contributed by atoms with Gasteiger partial charge in [-0.3, -0.25) is 0 Å². The average molecular weight is 226 g/mol. The number of hydrogen-bond donors (Lipinski definition) is 1. The van der Waals surface area contributed by atoms with Crippen LogP contribution in [-0.4, -0.2) is 42.8 Å². The molecule has 4 nitrogen and oxygen atoms in total. The number of nitrogens with zero attached hydrogens (tertiary/aromatic N) is 1. The summed E-state index contributed by atoms with van der Waals surface area (Å²) >= 11 is 0. The van der Waals surface area contributed by atoms with Crippen molar-refractivity contribution in [2.24, 2.45) is 0 Å². The van der Waals surface area contributed by atoms with Crippen molar-refractivity contribution in [2.45, 2.75) is 51.2 Å². The standard InChI is InChI=1S/C12H22N2O2/c1-2-7-13-12(15)14-8-9-16-11-6-4-3-5-10(11)14/h10-11H,2-9H2,1H3,(H,13,15). The fourth-order valence-electron chi connectivity index (χ4n) is 2.68. The average Bonchev–Trinajstić information content (AvgIpc) is 2.35. The zero-order valence-electron chi connectivity index (χ0n) is 10.1. The first-order valence-corrected chi connectivity index (χ1v) is 6.49. The smallest absolute Gasteiger partial charge is 0.317 e. The lowest BCUT2D eigenvalue weighted by atomic mass is 9.90. The van der Waals surface area contributed by atoms with E-state index in [4.69, 9.17) is 4.74 Å². The predicted octanol–water partition coefficient (Wildman–Crippen LogP) is 1.75. The molecule has 1 N–H and O–H groups in total. The number of hydrogen-bond acceptors (Lipinski definition) is 2. The monoisotopic (exact) mass is 226 g/mol. The third kappa shape index (κ3) is 2.48. The molecule has 0 aromatic carbocycles. The van der Waals surface area contributed by atoms with Crippen LogP contribution in [0.4, 0.5) is 4.79 Å². The minimum atomic E-state index is 0.0991. The Morgan fingerprint density at radius 1 is 1.44 bits per heavy atom. The van der Waals surface area contributed by atoms with Crippen LogP contribution in [0, 0.1) is 0 Å². The molecule has 0 aromatic heterocycles. The van der Waals surface area contributed by atoms with E-state index in [2.05, 4.69) is 12.2 Å². The fraction of sp³-hybridized carbons (Fsp3) is 0.917. The maximum Gasteiger partial charge on any atom is 0.317 e. The SMILES string of the molecule is CCCNC(=O)N1CCOC2CCCCC21. The molecule has 1 saturated carbocycles. The molecule has 4 heteroatoms. The third-order valence-corrected chi connectivity index (χ3v) is 3.52. The zero-order chi connectivity index (χ0) is 11.4. The first-order chi connectivity index (χ1) is 7.83. The maximum absolute atomic E-state index is 12.0. The van der Waals surface area contributed by atoms with Crippen LogP contribution in [0.15, 0.2) is 0 Å². The van der Waals surface area contributed by atoms with Gasteiger partial charge in [-0.25, -0.2) is 4.79 Å². The molecule has 2 aliphatic rings. The Kier molecular flexibility index (Phi) is 4.04. The van der Waals surface area contributed by atoms with E-state index in [1.54, 1.807) is 0 Å². The van der Waals surface area contributed by atoms with Crippen molar-refractivity contribution in [2.75, 3.05) is 19.7 Å². The largest absolute Gasteiger partial charge is 0.374 e. The Labute approximate surface area is 97.3 Å². The molecule has 1 aliphatic carbocycles.